The minimum atomic E-state index is 0.122. The van der Waals surface area contributed by atoms with E-state index in [9.17, 15) is 4.79 Å². The van der Waals surface area contributed by atoms with Gasteiger partial charge in [-0.2, -0.15) is 0 Å². The Morgan fingerprint density at radius 1 is 1.00 bits per heavy atom. The van der Waals surface area contributed by atoms with E-state index in [1.165, 1.54) is 11.1 Å². The molecule has 1 N–H and O–H groups in total. The molecule has 2 aromatic rings. The minimum Gasteiger partial charge on any atom is -0.496 e. The lowest BCUT2D eigenvalue weighted by atomic mass is 9.87. The van der Waals surface area contributed by atoms with E-state index in [0.717, 1.165) is 62.6 Å². The maximum absolute atomic E-state index is 12.7. The van der Waals surface area contributed by atoms with E-state index in [1.54, 1.807) is 14.2 Å². The van der Waals surface area contributed by atoms with Crippen LogP contribution in [0.25, 0.3) is 0 Å². The normalized spacial score (nSPS) is 19.1. The van der Waals surface area contributed by atoms with Crippen molar-refractivity contribution < 1.29 is 14.3 Å². The fraction of sp³-hybridized carbons (Fsp3) is 0.458. The average Bonchev–Trinajstić information content (AvgIpc) is 2.79. The highest BCUT2D eigenvalue weighted by Crippen LogP contribution is 2.30. The van der Waals surface area contributed by atoms with Crippen LogP contribution >= 0.6 is 0 Å². The molecule has 1 aliphatic heterocycles. The van der Waals surface area contributed by atoms with E-state index in [-0.39, 0.29) is 11.9 Å². The first-order chi connectivity index (χ1) is 14.7. The number of hydrogen-bond acceptors (Lipinski definition) is 5. The number of nitrogens with zero attached hydrogens (tertiary/aromatic N) is 2. The van der Waals surface area contributed by atoms with Gasteiger partial charge in [-0.3, -0.25) is 9.69 Å². The number of carbonyl (C=O) groups excluding carboxylic acids is 1. The molecular weight excluding hydrogens is 378 g/mol. The zero-order chi connectivity index (χ0) is 20.9. The highest BCUT2D eigenvalue weighted by molar-refractivity contribution is 5.78. The van der Waals surface area contributed by atoms with Gasteiger partial charge in [0.25, 0.3) is 0 Å². The summed E-state index contributed by atoms with van der Waals surface area (Å²) >= 11 is 0. The number of fused-ring (bicyclic) bond motifs is 1. The van der Waals surface area contributed by atoms with Gasteiger partial charge in [-0.15, -0.1) is 0 Å². The minimum absolute atomic E-state index is 0.122. The van der Waals surface area contributed by atoms with Gasteiger partial charge in [-0.05, 0) is 48.6 Å². The number of piperazine rings is 1. The zero-order valence-corrected chi connectivity index (χ0v) is 17.9. The van der Waals surface area contributed by atoms with Crippen LogP contribution in [0.15, 0.2) is 42.5 Å². The molecule has 6 heteroatoms. The molecule has 2 aliphatic rings. The first-order valence-corrected chi connectivity index (χ1v) is 10.7. The second-order valence-corrected chi connectivity index (χ2v) is 8.04. The highest BCUT2D eigenvalue weighted by Gasteiger charge is 2.25. The Hall–Kier alpha value is -2.73. The largest absolute Gasteiger partial charge is 0.496 e. The maximum Gasteiger partial charge on any atom is 0.234 e. The number of amides is 1. The van der Waals surface area contributed by atoms with Crippen LogP contribution in [0.3, 0.4) is 0 Å². The van der Waals surface area contributed by atoms with Crippen molar-refractivity contribution in [1.29, 1.82) is 0 Å². The van der Waals surface area contributed by atoms with Crippen LogP contribution in [0.1, 0.15) is 17.5 Å². The van der Waals surface area contributed by atoms with Gasteiger partial charge in [-0.1, -0.05) is 24.3 Å². The third-order valence-electron chi connectivity index (χ3n) is 6.19. The van der Waals surface area contributed by atoms with Gasteiger partial charge in [-0.25, -0.2) is 0 Å². The van der Waals surface area contributed by atoms with Crippen LogP contribution in [0, 0.1) is 0 Å². The molecule has 4 rings (SSSR count). The number of carbonyl (C=O) groups is 1. The Labute approximate surface area is 178 Å². The second kappa shape index (κ2) is 9.39. The molecule has 2 aromatic carbocycles. The van der Waals surface area contributed by atoms with Crippen molar-refractivity contribution >= 4 is 11.6 Å². The molecule has 1 amide bonds. The fourth-order valence-corrected chi connectivity index (χ4v) is 4.60. The molecule has 0 radical (unpaired) electrons. The van der Waals surface area contributed by atoms with Crippen molar-refractivity contribution in [3.8, 4) is 11.5 Å². The van der Waals surface area contributed by atoms with Gasteiger partial charge in [0, 0.05) is 32.2 Å². The van der Waals surface area contributed by atoms with Crippen LogP contribution in [0.2, 0.25) is 0 Å². The molecule has 1 atom stereocenters. The molecule has 160 valence electrons. The molecule has 0 aromatic heterocycles. The summed E-state index contributed by atoms with van der Waals surface area (Å²) in [6.45, 7) is 3.99. The summed E-state index contributed by atoms with van der Waals surface area (Å²) in [7, 11) is 3.43. The molecule has 30 heavy (non-hydrogen) atoms. The van der Waals surface area contributed by atoms with Crippen molar-refractivity contribution in [2.75, 3.05) is 51.8 Å². The molecule has 1 unspecified atom stereocenters. The van der Waals surface area contributed by atoms with E-state index in [4.69, 9.17) is 9.47 Å². The Bertz CT molecular complexity index is 878. The number of benzene rings is 2. The van der Waals surface area contributed by atoms with E-state index in [0.29, 0.717) is 6.54 Å². The first kappa shape index (κ1) is 20.5. The third kappa shape index (κ3) is 4.54. The standard InChI is InChI=1S/C24H31N3O3/c1-29-22-9-5-6-18-16-19(10-11-20(18)22)25-24(28)17-26-12-14-27(15-13-26)21-7-3-4-8-23(21)30-2/h3-9,19H,10-17H2,1-2H3,(H,25,28). The number of nitrogens with one attached hydrogen (secondary N) is 1. The molecule has 6 nitrogen and oxygen atoms in total. The molecular formula is C24H31N3O3. The van der Waals surface area contributed by atoms with Crippen LogP contribution in [0.5, 0.6) is 11.5 Å². The molecule has 1 saturated heterocycles. The fourth-order valence-electron chi connectivity index (χ4n) is 4.60. The van der Waals surface area contributed by atoms with Crippen LogP contribution in [-0.2, 0) is 17.6 Å². The summed E-state index contributed by atoms with van der Waals surface area (Å²) < 4.78 is 11.0. The highest BCUT2D eigenvalue weighted by atomic mass is 16.5. The quantitative estimate of drug-likeness (QED) is 0.795. The van der Waals surface area contributed by atoms with Crippen molar-refractivity contribution in [3.63, 3.8) is 0 Å². The smallest absolute Gasteiger partial charge is 0.234 e. The van der Waals surface area contributed by atoms with Crippen molar-refractivity contribution in [2.24, 2.45) is 0 Å². The first-order valence-electron chi connectivity index (χ1n) is 10.7. The maximum atomic E-state index is 12.7. The lowest BCUT2D eigenvalue weighted by Gasteiger charge is -2.36. The van der Waals surface area contributed by atoms with Crippen LogP contribution < -0.4 is 19.7 Å². The van der Waals surface area contributed by atoms with Gasteiger partial charge < -0.3 is 19.7 Å². The number of para-hydroxylation sites is 2. The third-order valence-corrected chi connectivity index (χ3v) is 6.19. The van der Waals surface area contributed by atoms with Crippen molar-refractivity contribution in [2.45, 2.75) is 25.3 Å². The van der Waals surface area contributed by atoms with Gasteiger partial charge in [0.05, 0.1) is 26.5 Å². The van der Waals surface area contributed by atoms with E-state index < -0.39 is 0 Å². The summed E-state index contributed by atoms with van der Waals surface area (Å²) in [5.41, 5.74) is 3.70. The van der Waals surface area contributed by atoms with E-state index in [1.807, 2.05) is 30.3 Å². The van der Waals surface area contributed by atoms with Gasteiger partial charge >= 0.3 is 0 Å². The second-order valence-electron chi connectivity index (χ2n) is 8.04. The number of methoxy groups -OCH3 is 2. The molecule has 0 bridgehead atoms. The Kier molecular flexibility index (Phi) is 6.43. The Morgan fingerprint density at radius 2 is 1.73 bits per heavy atom. The van der Waals surface area contributed by atoms with E-state index in [2.05, 4.69) is 27.2 Å². The Balaban J connectivity index is 1.26. The lowest BCUT2D eigenvalue weighted by Crippen LogP contribution is -2.51. The van der Waals surface area contributed by atoms with Crippen LogP contribution in [0.4, 0.5) is 5.69 Å². The van der Waals surface area contributed by atoms with Gasteiger partial charge in [0.15, 0.2) is 0 Å². The van der Waals surface area contributed by atoms with Crippen LogP contribution in [-0.4, -0.2) is 63.8 Å². The lowest BCUT2D eigenvalue weighted by molar-refractivity contribution is -0.123. The predicted molar refractivity (Wildman–Crippen MR) is 119 cm³/mol. The van der Waals surface area contributed by atoms with Gasteiger partial charge in [0.2, 0.25) is 5.91 Å². The summed E-state index contributed by atoms with van der Waals surface area (Å²) in [6.07, 6.45) is 2.78. The monoisotopic (exact) mass is 409 g/mol. The number of hydrogen-bond donors (Lipinski definition) is 1. The zero-order valence-electron chi connectivity index (χ0n) is 17.9. The molecule has 1 aliphatic carbocycles. The molecule has 0 saturated carbocycles. The summed E-state index contributed by atoms with van der Waals surface area (Å²) in [6, 6.07) is 14.5. The van der Waals surface area contributed by atoms with Crippen molar-refractivity contribution in [1.82, 2.24) is 10.2 Å². The van der Waals surface area contributed by atoms with E-state index >= 15 is 0 Å². The number of anilines is 1. The average molecular weight is 410 g/mol. The number of rotatable bonds is 6. The predicted octanol–water partition coefficient (Wildman–Crippen LogP) is 2.50. The number of ether oxygens (including phenoxy) is 2. The Morgan fingerprint density at radius 3 is 2.50 bits per heavy atom. The molecule has 0 spiro atoms. The molecule has 1 fully saturated rings. The topological polar surface area (TPSA) is 54.0 Å². The van der Waals surface area contributed by atoms with Crippen molar-refractivity contribution in [3.05, 3.63) is 53.6 Å². The van der Waals surface area contributed by atoms with Gasteiger partial charge in [0.1, 0.15) is 11.5 Å². The summed E-state index contributed by atoms with van der Waals surface area (Å²) in [5, 5.41) is 3.25. The molecule has 1 heterocycles. The summed E-state index contributed by atoms with van der Waals surface area (Å²) in [4.78, 5) is 17.2. The summed E-state index contributed by atoms with van der Waals surface area (Å²) in [5.74, 6) is 1.99. The SMILES string of the molecule is COc1ccccc1N1CCN(CC(=O)NC2CCc3c(cccc3OC)C2)CC1.